The Hall–Kier alpha value is -2.31. The molecule has 0 aliphatic carbocycles. The Morgan fingerprint density at radius 2 is 1.83 bits per heavy atom. The van der Waals surface area contributed by atoms with E-state index in [9.17, 15) is 22.8 Å². The fraction of sp³-hybridized carbons (Fsp3) is 0.412. The van der Waals surface area contributed by atoms with Crippen LogP contribution in [0.3, 0.4) is 0 Å². The number of hydrogen-bond donors (Lipinski definition) is 1. The second-order valence-electron chi connectivity index (χ2n) is 5.76. The van der Waals surface area contributed by atoms with E-state index in [2.05, 4.69) is 0 Å². The molecule has 0 saturated carbocycles. The van der Waals surface area contributed by atoms with Gasteiger partial charge in [0.2, 0.25) is 5.91 Å². The minimum Gasteiger partial charge on any atom is -0.345 e. The van der Waals surface area contributed by atoms with Crippen molar-refractivity contribution in [2.75, 3.05) is 13.1 Å². The number of rotatable bonds is 3. The highest BCUT2D eigenvalue weighted by atomic mass is 19.4. The van der Waals surface area contributed by atoms with Crippen molar-refractivity contribution < 1.29 is 22.8 Å². The van der Waals surface area contributed by atoms with E-state index in [1.807, 2.05) is 36.5 Å². The standard InChI is InChI=1S/C17H19F3N2O2/c1-12-4-2-3-5-13(12)6-7-15(23)22-10-8-14(9-11-22)21-16(24)17(18,19)20/h2-7,14H,8-11H2,1H3,(H,21,24)/b7-6+. The summed E-state index contributed by atoms with van der Waals surface area (Å²) >= 11 is 0. The first kappa shape index (κ1) is 18.0. The van der Waals surface area contributed by atoms with Crippen molar-refractivity contribution in [2.24, 2.45) is 0 Å². The first-order chi connectivity index (χ1) is 11.3. The van der Waals surface area contributed by atoms with E-state index in [1.54, 1.807) is 11.0 Å². The Balaban J connectivity index is 1.85. The third-order valence-corrected chi connectivity index (χ3v) is 3.99. The SMILES string of the molecule is Cc1ccccc1/C=C/C(=O)N1CCC(NC(=O)C(F)(F)F)CC1. The minimum absolute atomic E-state index is 0.182. The van der Waals surface area contributed by atoms with Gasteiger partial charge in [0, 0.05) is 25.2 Å². The molecule has 1 aliphatic heterocycles. The minimum atomic E-state index is -4.87. The van der Waals surface area contributed by atoms with Crippen LogP contribution < -0.4 is 5.32 Å². The molecule has 1 N–H and O–H groups in total. The molecule has 2 rings (SSSR count). The Kier molecular flexibility index (Phi) is 5.64. The van der Waals surface area contributed by atoms with E-state index in [4.69, 9.17) is 0 Å². The summed E-state index contributed by atoms with van der Waals surface area (Å²) in [7, 11) is 0. The van der Waals surface area contributed by atoms with Crippen LogP contribution in [0, 0.1) is 6.92 Å². The van der Waals surface area contributed by atoms with Crippen LogP contribution in [0.2, 0.25) is 0 Å². The Morgan fingerprint density at radius 3 is 2.42 bits per heavy atom. The Labute approximate surface area is 138 Å². The number of carbonyl (C=O) groups excluding carboxylic acids is 2. The third kappa shape index (κ3) is 4.84. The van der Waals surface area contributed by atoms with Gasteiger partial charge < -0.3 is 10.2 Å². The topological polar surface area (TPSA) is 49.4 Å². The molecule has 0 unspecified atom stereocenters. The molecule has 7 heteroatoms. The fourth-order valence-corrected chi connectivity index (χ4v) is 2.55. The molecular weight excluding hydrogens is 321 g/mol. The maximum Gasteiger partial charge on any atom is 0.471 e. The number of piperidine rings is 1. The molecule has 130 valence electrons. The zero-order chi connectivity index (χ0) is 17.7. The van der Waals surface area contributed by atoms with Gasteiger partial charge in [0.1, 0.15) is 0 Å². The van der Waals surface area contributed by atoms with Gasteiger partial charge in [0.15, 0.2) is 0 Å². The van der Waals surface area contributed by atoms with Crippen molar-refractivity contribution in [3.05, 3.63) is 41.5 Å². The first-order valence-corrected chi connectivity index (χ1v) is 7.67. The Morgan fingerprint density at radius 1 is 1.21 bits per heavy atom. The lowest BCUT2D eigenvalue weighted by molar-refractivity contribution is -0.174. The van der Waals surface area contributed by atoms with Crippen LogP contribution in [0.4, 0.5) is 13.2 Å². The number of aryl methyl sites for hydroxylation is 1. The van der Waals surface area contributed by atoms with Crippen LogP contribution in [-0.2, 0) is 9.59 Å². The summed E-state index contributed by atoms with van der Waals surface area (Å²) in [5, 5.41) is 1.96. The van der Waals surface area contributed by atoms with Crippen molar-refractivity contribution in [1.82, 2.24) is 10.2 Å². The van der Waals surface area contributed by atoms with E-state index < -0.39 is 18.1 Å². The molecule has 24 heavy (non-hydrogen) atoms. The van der Waals surface area contributed by atoms with Crippen LogP contribution >= 0.6 is 0 Å². The van der Waals surface area contributed by atoms with Crippen molar-refractivity contribution in [3.8, 4) is 0 Å². The molecule has 1 saturated heterocycles. The lowest BCUT2D eigenvalue weighted by Crippen LogP contribution is -2.49. The zero-order valence-corrected chi connectivity index (χ0v) is 13.3. The number of carbonyl (C=O) groups is 2. The van der Waals surface area contributed by atoms with Crippen LogP contribution in [0.1, 0.15) is 24.0 Å². The monoisotopic (exact) mass is 340 g/mol. The van der Waals surface area contributed by atoms with Crippen molar-refractivity contribution >= 4 is 17.9 Å². The summed E-state index contributed by atoms with van der Waals surface area (Å²) in [6, 6.07) is 7.08. The quantitative estimate of drug-likeness (QED) is 0.860. The highest BCUT2D eigenvalue weighted by molar-refractivity contribution is 5.92. The molecule has 0 spiro atoms. The molecule has 1 aromatic carbocycles. The van der Waals surface area contributed by atoms with E-state index in [-0.39, 0.29) is 5.91 Å². The molecule has 0 bridgehead atoms. The van der Waals surface area contributed by atoms with E-state index in [0.717, 1.165) is 11.1 Å². The average Bonchev–Trinajstić information content (AvgIpc) is 2.53. The number of halogens is 3. The van der Waals surface area contributed by atoms with Gasteiger partial charge >= 0.3 is 12.1 Å². The van der Waals surface area contributed by atoms with Gasteiger partial charge in [-0.05, 0) is 37.0 Å². The summed E-state index contributed by atoms with van der Waals surface area (Å²) in [5.74, 6) is -2.11. The van der Waals surface area contributed by atoms with Crippen molar-refractivity contribution in [2.45, 2.75) is 32.0 Å². The smallest absolute Gasteiger partial charge is 0.345 e. The summed E-state index contributed by atoms with van der Waals surface area (Å²) in [4.78, 5) is 24.6. The van der Waals surface area contributed by atoms with Crippen molar-refractivity contribution in [1.29, 1.82) is 0 Å². The molecule has 2 amide bonds. The molecule has 0 aromatic heterocycles. The average molecular weight is 340 g/mol. The molecule has 0 atom stereocenters. The normalized spacial score (nSPS) is 16.4. The van der Waals surface area contributed by atoms with E-state index >= 15 is 0 Å². The predicted octanol–water partition coefficient (Wildman–Crippen LogP) is 2.68. The number of alkyl halides is 3. The highest BCUT2D eigenvalue weighted by Crippen LogP contribution is 2.17. The number of nitrogens with one attached hydrogen (secondary N) is 1. The van der Waals surface area contributed by atoms with Gasteiger partial charge in [0.05, 0.1) is 0 Å². The molecular formula is C17H19F3N2O2. The lowest BCUT2D eigenvalue weighted by atomic mass is 10.0. The summed E-state index contributed by atoms with van der Waals surface area (Å²) in [6.07, 6.45) is -1.05. The van der Waals surface area contributed by atoms with Crippen LogP contribution in [0.5, 0.6) is 0 Å². The van der Waals surface area contributed by atoms with Gasteiger partial charge in [-0.3, -0.25) is 9.59 Å². The molecule has 1 fully saturated rings. The van der Waals surface area contributed by atoms with Gasteiger partial charge in [-0.1, -0.05) is 24.3 Å². The maximum atomic E-state index is 12.2. The number of amides is 2. The van der Waals surface area contributed by atoms with Crippen molar-refractivity contribution in [3.63, 3.8) is 0 Å². The maximum absolute atomic E-state index is 12.2. The number of nitrogens with zero attached hydrogens (tertiary/aromatic N) is 1. The van der Waals surface area contributed by atoms with Crippen LogP contribution in [0.25, 0.3) is 6.08 Å². The molecule has 1 heterocycles. The third-order valence-electron chi connectivity index (χ3n) is 3.99. The fourth-order valence-electron chi connectivity index (χ4n) is 2.55. The zero-order valence-electron chi connectivity index (χ0n) is 13.3. The Bertz CT molecular complexity index is 633. The highest BCUT2D eigenvalue weighted by Gasteiger charge is 2.40. The molecule has 1 aromatic rings. The van der Waals surface area contributed by atoms with Gasteiger partial charge in [-0.2, -0.15) is 13.2 Å². The number of benzene rings is 1. The van der Waals surface area contributed by atoms with Gasteiger partial charge in [0.25, 0.3) is 0 Å². The predicted molar refractivity (Wildman–Crippen MR) is 84.0 cm³/mol. The van der Waals surface area contributed by atoms with Crippen LogP contribution in [0.15, 0.2) is 30.3 Å². The second kappa shape index (κ2) is 7.51. The summed E-state index contributed by atoms with van der Waals surface area (Å²) in [5.41, 5.74) is 1.99. The molecule has 1 aliphatic rings. The molecule has 0 radical (unpaired) electrons. The second-order valence-corrected chi connectivity index (χ2v) is 5.76. The van der Waals surface area contributed by atoms with Crippen LogP contribution in [-0.4, -0.2) is 42.0 Å². The first-order valence-electron chi connectivity index (χ1n) is 7.67. The van der Waals surface area contributed by atoms with Gasteiger partial charge in [-0.15, -0.1) is 0 Å². The lowest BCUT2D eigenvalue weighted by Gasteiger charge is -2.31. The molecule has 4 nitrogen and oxygen atoms in total. The summed E-state index contributed by atoms with van der Waals surface area (Å²) < 4.78 is 36.7. The summed E-state index contributed by atoms with van der Waals surface area (Å²) in [6.45, 7) is 2.58. The number of likely N-dealkylation sites (tertiary alicyclic amines) is 1. The van der Waals surface area contributed by atoms with Gasteiger partial charge in [-0.25, -0.2) is 0 Å². The largest absolute Gasteiger partial charge is 0.471 e. The number of hydrogen-bond acceptors (Lipinski definition) is 2. The van der Waals surface area contributed by atoms with E-state index in [1.165, 1.54) is 6.08 Å². The van der Waals surface area contributed by atoms with E-state index in [0.29, 0.717) is 25.9 Å².